The number of H-pyrrole nitrogens is 2. The van der Waals surface area contributed by atoms with Crippen LogP contribution in [0.15, 0.2) is 102 Å². The molecule has 0 radical (unpaired) electrons. The van der Waals surface area contributed by atoms with Crippen molar-refractivity contribution in [1.29, 1.82) is 0 Å². The third-order valence-electron chi connectivity index (χ3n) is 7.38. The minimum atomic E-state index is -1.55. The fourth-order valence-corrected chi connectivity index (χ4v) is 6.25. The molecule has 0 bridgehead atoms. The standard InChI is InChI=1S/C27H19N15OS/c1-2-9-28-17(6-1)23-24(18-16-44-41-35-18)42(22-15-43-40-38-22)27(21-14-33-39-37-21,20-8-4-13-32-36-20)26(34-23,19-7-3-10-29-19)25-30-11-5-12-31-25/h1-16,29,34H,(H,33,37,39). The Kier molecular flexibility index (Phi) is 5.93. The van der Waals surface area contributed by atoms with E-state index >= 15 is 0 Å². The normalized spacial score (nSPS) is 20.0. The van der Waals surface area contributed by atoms with Gasteiger partial charge in [0.25, 0.3) is 0 Å². The van der Waals surface area contributed by atoms with Crippen LogP contribution in [-0.2, 0) is 11.1 Å². The zero-order valence-corrected chi connectivity index (χ0v) is 23.2. The molecule has 7 aromatic rings. The lowest BCUT2D eigenvalue weighted by Gasteiger charge is -2.57. The van der Waals surface area contributed by atoms with Gasteiger partial charge < -0.3 is 14.8 Å². The second-order valence-corrected chi connectivity index (χ2v) is 10.1. The van der Waals surface area contributed by atoms with E-state index in [1.54, 1.807) is 43.1 Å². The van der Waals surface area contributed by atoms with E-state index in [-0.39, 0.29) is 0 Å². The predicted molar refractivity (Wildman–Crippen MR) is 154 cm³/mol. The zero-order chi connectivity index (χ0) is 29.4. The summed E-state index contributed by atoms with van der Waals surface area (Å²) in [4.78, 5) is 19.7. The Morgan fingerprint density at radius 2 is 1.77 bits per heavy atom. The topological polar surface area (TPSA) is 202 Å². The Morgan fingerprint density at radius 3 is 2.45 bits per heavy atom. The molecule has 7 aromatic heterocycles. The fraction of sp³-hybridized carbons (Fsp3) is 0.0741. The number of anilines is 1. The van der Waals surface area contributed by atoms with Gasteiger partial charge in [-0.1, -0.05) is 15.7 Å². The van der Waals surface area contributed by atoms with Crippen LogP contribution in [0.1, 0.15) is 34.3 Å². The third-order valence-corrected chi connectivity index (χ3v) is 7.89. The summed E-state index contributed by atoms with van der Waals surface area (Å²) >= 11 is 1.19. The number of rotatable bonds is 7. The number of pyridine rings is 1. The van der Waals surface area contributed by atoms with E-state index in [4.69, 9.17) is 24.6 Å². The van der Waals surface area contributed by atoms with Crippen molar-refractivity contribution < 1.29 is 4.52 Å². The van der Waals surface area contributed by atoms with Crippen molar-refractivity contribution in [3.05, 3.63) is 132 Å². The molecule has 0 saturated heterocycles. The van der Waals surface area contributed by atoms with Crippen LogP contribution in [0.5, 0.6) is 0 Å². The highest BCUT2D eigenvalue weighted by Crippen LogP contribution is 2.58. The van der Waals surface area contributed by atoms with Crippen LogP contribution < -0.4 is 10.2 Å². The monoisotopic (exact) mass is 601 g/mol. The molecule has 8 heterocycles. The highest BCUT2D eigenvalue weighted by molar-refractivity contribution is 7.03. The van der Waals surface area contributed by atoms with Gasteiger partial charge in [0, 0.05) is 41.6 Å². The Morgan fingerprint density at radius 1 is 0.841 bits per heavy atom. The van der Waals surface area contributed by atoms with Crippen LogP contribution in [0.4, 0.5) is 5.82 Å². The molecular weight excluding hydrogens is 582 g/mol. The first-order valence-corrected chi connectivity index (χ1v) is 14.0. The van der Waals surface area contributed by atoms with Gasteiger partial charge in [-0.2, -0.15) is 25.6 Å². The lowest BCUT2D eigenvalue weighted by atomic mass is 9.65. The lowest BCUT2D eigenvalue weighted by molar-refractivity contribution is 0.238. The first-order valence-electron chi connectivity index (χ1n) is 13.2. The summed E-state index contributed by atoms with van der Waals surface area (Å²) in [6.45, 7) is 0. The maximum absolute atomic E-state index is 5.37. The number of aromatic amines is 2. The first kappa shape index (κ1) is 25.5. The molecule has 214 valence electrons. The van der Waals surface area contributed by atoms with Gasteiger partial charge in [0.1, 0.15) is 11.4 Å². The summed E-state index contributed by atoms with van der Waals surface area (Å²) in [5.74, 6) is 0.657. The number of aromatic nitrogens is 13. The van der Waals surface area contributed by atoms with Gasteiger partial charge in [0.05, 0.1) is 34.7 Å². The largest absolute Gasteiger partial charge is 0.363 e. The van der Waals surface area contributed by atoms with Gasteiger partial charge in [0.15, 0.2) is 29.0 Å². The summed E-state index contributed by atoms with van der Waals surface area (Å²) in [7, 11) is 0. The van der Waals surface area contributed by atoms with Gasteiger partial charge in [-0.3, -0.25) is 9.88 Å². The van der Waals surface area contributed by atoms with Crippen LogP contribution in [0.25, 0.3) is 11.4 Å². The van der Waals surface area contributed by atoms with Gasteiger partial charge >= 0.3 is 0 Å². The number of nitrogens with zero attached hydrogens (tertiary/aromatic N) is 12. The van der Waals surface area contributed by atoms with E-state index in [1.165, 1.54) is 17.8 Å². The van der Waals surface area contributed by atoms with Gasteiger partial charge in [-0.25, -0.2) is 9.97 Å². The van der Waals surface area contributed by atoms with Crippen LogP contribution >= 0.6 is 11.5 Å². The van der Waals surface area contributed by atoms with Gasteiger partial charge in [-0.05, 0) is 54.0 Å². The summed E-state index contributed by atoms with van der Waals surface area (Å²) in [5, 5.41) is 39.2. The molecular formula is C27H19N15OS. The van der Waals surface area contributed by atoms with Crippen molar-refractivity contribution >= 4 is 28.7 Å². The molecule has 1 aliphatic heterocycles. The molecule has 16 nitrogen and oxygen atoms in total. The maximum Gasteiger partial charge on any atom is 0.198 e. The van der Waals surface area contributed by atoms with Crippen molar-refractivity contribution in [3.63, 3.8) is 0 Å². The molecule has 0 fully saturated rings. The van der Waals surface area contributed by atoms with Crippen molar-refractivity contribution in [1.82, 2.24) is 70.8 Å². The van der Waals surface area contributed by atoms with E-state index in [0.717, 1.165) is 0 Å². The molecule has 0 amide bonds. The number of nitrogens with one attached hydrogen (secondary N) is 3. The minimum Gasteiger partial charge on any atom is -0.363 e. The average molecular weight is 602 g/mol. The Labute approximate surface area is 251 Å². The van der Waals surface area contributed by atoms with Gasteiger partial charge in [-0.15, -0.1) is 5.10 Å². The molecule has 8 rings (SSSR count). The number of hydrogen-bond donors (Lipinski definition) is 3. The summed E-state index contributed by atoms with van der Waals surface area (Å²) in [6.07, 6.45) is 11.5. The van der Waals surface area contributed by atoms with Crippen molar-refractivity contribution in [2.24, 2.45) is 0 Å². The Balaban J connectivity index is 1.65. The molecule has 0 aromatic carbocycles. The Hall–Kier alpha value is -6.23. The van der Waals surface area contributed by atoms with Crippen molar-refractivity contribution in [2.45, 2.75) is 11.1 Å². The average Bonchev–Trinajstić information content (AvgIpc) is 3.93. The second-order valence-electron chi connectivity index (χ2n) is 9.53. The van der Waals surface area contributed by atoms with Crippen LogP contribution in [0.2, 0.25) is 0 Å². The zero-order valence-electron chi connectivity index (χ0n) is 22.4. The molecule has 3 N–H and O–H groups in total. The van der Waals surface area contributed by atoms with Crippen molar-refractivity contribution in [2.75, 3.05) is 4.90 Å². The Bertz CT molecular complexity index is 1990. The van der Waals surface area contributed by atoms with Crippen LogP contribution in [-0.4, -0.2) is 65.5 Å². The smallest absolute Gasteiger partial charge is 0.198 e. The molecule has 0 saturated carbocycles. The van der Waals surface area contributed by atoms with E-state index in [0.29, 0.717) is 51.5 Å². The molecule has 17 heteroatoms. The third kappa shape index (κ3) is 3.59. The maximum atomic E-state index is 5.37. The summed E-state index contributed by atoms with van der Waals surface area (Å²) in [6, 6.07) is 14.8. The van der Waals surface area contributed by atoms with Gasteiger partial charge in [0.2, 0.25) is 0 Å². The molecule has 1 aliphatic rings. The van der Waals surface area contributed by atoms with Crippen LogP contribution in [0.3, 0.4) is 0 Å². The quantitative estimate of drug-likeness (QED) is 0.240. The molecule has 0 aliphatic carbocycles. The summed E-state index contributed by atoms with van der Waals surface area (Å²) in [5.41, 5.74) is 0.700. The first-order chi connectivity index (χ1) is 21.8. The van der Waals surface area contributed by atoms with E-state index < -0.39 is 11.1 Å². The highest BCUT2D eigenvalue weighted by atomic mass is 32.1. The van der Waals surface area contributed by atoms with Crippen molar-refractivity contribution in [3.8, 4) is 0 Å². The second kappa shape index (κ2) is 10.2. The van der Waals surface area contributed by atoms with E-state index in [2.05, 4.69) is 50.8 Å². The molecule has 2 unspecified atom stereocenters. The lowest BCUT2D eigenvalue weighted by Crippen LogP contribution is -2.70. The number of hydrogen-bond acceptors (Lipinski definition) is 15. The summed E-state index contributed by atoms with van der Waals surface area (Å²) < 4.78 is 9.57. The fourth-order valence-electron chi connectivity index (χ4n) is 5.81. The van der Waals surface area contributed by atoms with E-state index in [9.17, 15) is 0 Å². The predicted octanol–water partition coefficient (Wildman–Crippen LogP) is 2.17. The van der Waals surface area contributed by atoms with E-state index in [1.807, 2.05) is 52.9 Å². The minimum absolute atomic E-state index is 0.295. The molecule has 2 atom stereocenters. The molecule has 0 spiro atoms. The van der Waals surface area contributed by atoms with Crippen LogP contribution in [0, 0.1) is 0 Å². The highest BCUT2D eigenvalue weighted by Gasteiger charge is 2.69. The molecule has 44 heavy (non-hydrogen) atoms. The SMILES string of the molecule is c1ccc(C2=C(c3csnn3)N(c3conn3)C(c3cccnn3)(c3cn[nH]n3)C(c3ncccn3)(c3ccc[nH]3)N2)nc1.